The van der Waals surface area contributed by atoms with Gasteiger partial charge in [0.05, 0.1) is 18.5 Å². The minimum Gasteiger partial charge on any atom is -0.377 e. The van der Waals surface area contributed by atoms with Crippen molar-refractivity contribution in [3.8, 4) is 0 Å². The molecule has 0 amide bonds. The number of aromatic nitrogens is 2. The smallest absolute Gasteiger partial charge is 0.191 e. The number of aliphatic imine (C=N–C) groups is 1. The summed E-state index contributed by atoms with van der Waals surface area (Å²) in [7, 11) is 1.70. The molecule has 0 aliphatic heterocycles. The molecule has 0 fully saturated rings. The third-order valence-electron chi connectivity index (χ3n) is 2.74. The van der Waals surface area contributed by atoms with Crippen LogP contribution in [0.1, 0.15) is 20.8 Å². The molecule has 1 aromatic heterocycles. The van der Waals surface area contributed by atoms with Crippen molar-refractivity contribution in [1.29, 1.82) is 0 Å². The second-order valence-corrected chi connectivity index (χ2v) is 4.89. The van der Waals surface area contributed by atoms with Crippen molar-refractivity contribution in [1.82, 2.24) is 20.2 Å². The fraction of sp³-hybridized carbons (Fsp3) is 0.692. The number of hydrogen-bond acceptors (Lipinski definition) is 3. The second kappa shape index (κ2) is 7.78. The fourth-order valence-electron chi connectivity index (χ4n) is 1.40. The molecule has 19 heavy (non-hydrogen) atoms. The summed E-state index contributed by atoms with van der Waals surface area (Å²) in [4.78, 5) is 8.53. The predicted octanol–water partition coefficient (Wildman–Crippen LogP) is 0.863. The lowest BCUT2D eigenvalue weighted by molar-refractivity contribution is 0.0310. The number of ether oxygens (including phenoxy) is 1. The van der Waals surface area contributed by atoms with Gasteiger partial charge in [0.2, 0.25) is 0 Å². The van der Waals surface area contributed by atoms with Crippen LogP contribution in [0.15, 0.2) is 23.7 Å². The number of guanidine groups is 1. The molecule has 0 saturated heterocycles. The van der Waals surface area contributed by atoms with E-state index in [2.05, 4.69) is 27.5 Å². The molecule has 0 radical (unpaired) electrons. The molecular weight excluding hydrogens is 242 g/mol. The number of rotatable bonds is 7. The van der Waals surface area contributed by atoms with Gasteiger partial charge in [0.25, 0.3) is 0 Å². The van der Waals surface area contributed by atoms with Gasteiger partial charge in [-0.1, -0.05) is 0 Å². The van der Waals surface area contributed by atoms with E-state index in [0.717, 1.165) is 25.6 Å². The number of imidazole rings is 1. The SMILES string of the molecule is CCNC(=NCC(C)(C)OC)NCCn1ccnc1. The van der Waals surface area contributed by atoms with Gasteiger partial charge in [0.15, 0.2) is 5.96 Å². The van der Waals surface area contributed by atoms with Gasteiger partial charge < -0.3 is 19.9 Å². The van der Waals surface area contributed by atoms with E-state index in [0.29, 0.717) is 6.54 Å². The number of nitrogens with zero attached hydrogens (tertiary/aromatic N) is 3. The van der Waals surface area contributed by atoms with Crippen molar-refractivity contribution >= 4 is 5.96 Å². The largest absolute Gasteiger partial charge is 0.377 e. The molecule has 1 rings (SSSR count). The minimum atomic E-state index is -0.243. The normalized spacial score (nSPS) is 12.5. The third-order valence-corrected chi connectivity index (χ3v) is 2.74. The summed E-state index contributed by atoms with van der Waals surface area (Å²) in [5.74, 6) is 0.813. The maximum Gasteiger partial charge on any atom is 0.191 e. The molecule has 1 heterocycles. The Morgan fingerprint density at radius 1 is 1.42 bits per heavy atom. The average Bonchev–Trinajstić information content (AvgIpc) is 2.89. The molecule has 0 bridgehead atoms. The van der Waals surface area contributed by atoms with Crippen LogP contribution in [0.3, 0.4) is 0 Å². The van der Waals surface area contributed by atoms with Crippen molar-refractivity contribution in [2.24, 2.45) is 4.99 Å². The molecule has 6 nitrogen and oxygen atoms in total. The van der Waals surface area contributed by atoms with Gasteiger partial charge in [-0.15, -0.1) is 0 Å². The standard InChI is InChI=1S/C13H25N5O/c1-5-15-12(17-10-13(2,3)19-4)16-7-9-18-8-6-14-11-18/h6,8,11H,5,7,9-10H2,1-4H3,(H2,15,16,17). The fourth-order valence-corrected chi connectivity index (χ4v) is 1.40. The van der Waals surface area contributed by atoms with Crippen LogP contribution < -0.4 is 10.6 Å². The van der Waals surface area contributed by atoms with E-state index in [4.69, 9.17) is 4.74 Å². The number of methoxy groups -OCH3 is 1. The Hall–Kier alpha value is -1.56. The van der Waals surface area contributed by atoms with Crippen LogP contribution in [-0.4, -0.2) is 47.9 Å². The van der Waals surface area contributed by atoms with Gasteiger partial charge in [0.1, 0.15) is 0 Å². The summed E-state index contributed by atoms with van der Waals surface area (Å²) in [5.41, 5.74) is -0.243. The maximum absolute atomic E-state index is 5.35. The van der Waals surface area contributed by atoms with Crippen molar-refractivity contribution < 1.29 is 4.74 Å². The predicted molar refractivity (Wildman–Crippen MR) is 77.3 cm³/mol. The summed E-state index contributed by atoms with van der Waals surface area (Å²) in [6, 6.07) is 0. The first-order chi connectivity index (χ1) is 9.07. The molecular formula is C13H25N5O. The lowest BCUT2D eigenvalue weighted by Crippen LogP contribution is -2.40. The molecule has 0 aliphatic rings. The first kappa shape index (κ1) is 15.5. The molecule has 0 aliphatic carbocycles. The number of nitrogens with one attached hydrogen (secondary N) is 2. The maximum atomic E-state index is 5.35. The van der Waals surface area contributed by atoms with Crippen LogP contribution in [0, 0.1) is 0 Å². The molecule has 0 atom stereocenters. The summed E-state index contributed by atoms with van der Waals surface area (Å²) >= 11 is 0. The van der Waals surface area contributed by atoms with Crippen LogP contribution >= 0.6 is 0 Å². The van der Waals surface area contributed by atoms with E-state index < -0.39 is 0 Å². The Morgan fingerprint density at radius 3 is 2.79 bits per heavy atom. The van der Waals surface area contributed by atoms with E-state index in [1.54, 1.807) is 19.6 Å². The van der Waals surface area contributed by atoms with Gasteiger partial charge >= 0.3 is 0 Å². The molecule has 6 heteroatoms. The highest BCUT2D eigenvalue weighted by Crippen LogP contribution is 2.06. The Labute approximate surface area is 115 Å². The summed E-state index contributed by atoms with van der Waals surface area (Å²) in [5, 5.41) is 6.51. The minimum absolute atomic E-state index is 0.243. The van der Waals surface area contributed by atoms with Gasteiger partial charge in [0, 0.05) is 39.1 Å². The number of hydrogen-bond donors (Lipinski definition) is 2. The summed E-state index contributed by atoms with van der Waals surface area (Å²) in [6.45, 7) is 9.20. The van der Waals surface area contributed by atoms with Crippen LogP contribution in [0.4, 0.5) is 0 Å². The van der Waals surface area contributed by atoms with Crippen molar-refractivity contribution in [2.45, 2.75) is 32.9 Å². The average molecular weight is 267 g/mol. The van der Waals surface area contributed by atoms with E-state index in [1.165, 1.54) is 0 Å². The monoisotopic (exact) mass is 267 g/mol. The van der Waals surface area contributed by atoms with Crippen LogP contribution in [0.5, 0.6) is 0 Å². The van der Waals surface area contributed by atoms with E-state index in [9.17, 15) is 0 Å². The van der Waals surface area contributed by atoms with E-state index in [1.807, 2.05) is 24.6 Å². The molecule has 1 aromatic rings. The van der Waals surface area contributed by atoms with Gasteiger partial charge in [-0.25, -0.2) is 4.98 Å². The quantitative estimate of drug-likeness (QED) is 0.568. The highest BCUT2D eigenvalue weighted by molar-refractivity contribution is 5.79. The Morgan fingerprint density at radius 2 is 2.21 bits per heavy atom. The molecule has 0 aromatic carbocycles. The molecule has 0 saturated carbocycles. The molecule has 2 N–H and O–H groups in total. The zero-order chi connectivity index (χ0) is 14.1. The van der Waals surface area contributed by atoms with Crippen LogP contribution in [0.25, 0.3) is 0 Å². The van der Waals surface area contributed by atoms with Crippen LogP contribution in [-0.2, 0) is 11.3 Å². The van der Waals surface area contributed by atoms with Gasteiger partial charge in [-0.2, -0.15) is 0 Å². The molecule has 0 unspecified atom stereocenters. The lowest BCUT2D eigenvalue weighted by Gasteiger charge is -2.21. The first-order valence-electron chi connectivity index (χ1n) is 6.60. The van der Waals surface area contributed by atoms with E-state index in [-0.39, 0.29) is 5.60 Å². The Bertz CT molecular complexity index is 372. The summed E-state index contributed by atoms with van der Waals surface area (Å²) < 4.78 is 7.38. The zero-order valence-corrected chi connectivity index (χ0v) is 12.3. The van der Waals surface area contributed by atoms with Crippen molar-refractivity contribution in [3.63, 3.8) is 0 Å². The first-order valence-corrected chi connectivity index (χ1v) is 6.60. The Balaban J connectivity index is 2.41. The topological polar surface area (TPSA) is 63.5 Å². The van der Waals surface area contributed by atoms with Gasteiger partial charge in [-0.05, 0) is 20.8 Å². The highest BCUT2D eigenvalue weighted by atomic mass is 16.5. The van der Waals surface area contributed by atoms with Crippen molar-refractivity contribution in [3.05, 3.63) is 18.7 Å². The van der Waals surface area contributed by atoms with E-state index >= 15 is 0 Å². The van der Waals surface area contributed by atoms with Crippen molar-refractivity contribution in [2.75, 3.05) is 26.7 Å². The molecule has 108 valence electrons. The lowest BCUT2D eigenvalue weighted by atomic mass is 10.1. The van der Waals surface area contributed by atoms with Gasteiger partial charge in [-0.3, -0.25) is 4.99 Å². The highest BCUT2D eigenvalue weighted by Gasteiger charge is 2.15. The second-order valence-electron chi connectivity index (χ2n) is 4.89. The molecule has 0 spiro atoms. The third kappa shape index (κ3) is 6.24. The Kier molecular flexibility index (Phi) is 6.35. The van der Waals surface area contributed by atoms with Crippen LogP contribution in [0.2, 0.25) is 0 Å². The summed E-state index contributed by atoms with van der Waals surface area (Å²) in [6.07, 6.45) is 5.53. The zero-order valence-electron chi connectivity index (χ0n) is 12.3.